The number of carbonyl (C=O) groups is 2. The molecule has 10 nitrogen and oxygen atoms in total. The van der Waals surface area contributed by atoms with Crippen LogP contribution in [0.3, 0.4) is 0 Å². The van der Waals surface area contributed by atoms with Gasteiger partial charge in [-0.3, -0.25) is 9.69 Å². The van der Waals surface area contributed by atoms with E-state index in [1.807, 2.05) is 19.1 Å². The molecule has 1 unspecified atom stereocenters. The highest BCUT2D eigenvalue weighted by Crippen LogP contribution is 2.55. The lowest BCUT2D eigenvalue weighted by atomic mass is 9.77. The van der Waals surface area contributed by atoms with E-state index < -0.39 is 41.2 Å². The lowest BCUT2D eigenvalue weighted by molar-refractivity contribution is -0.179. The number of aliphatic hydroxyl groups is 2. The van der Waals surface area contributed by atoms with Crippen molar-refractivity contribution in [3.05, 3.63) is 35.1 Å². The Morgan fingerprint density at radius 3 is 2.58 bits per heavy atom. The lowest BCUT2D eigenvalue weighted by Gasteiger charge is -2.39. The van der Waals surface area contributed by atoms with E-state index in [1.165, 1.54) is 7.11 Å². The minimum Gasteiger partial charge on any atom is -0.497 e. The molecular formula is C30H41NO9. The van der Waals surface area contributed by atoms with Crippen LogP contribution in [0.15, 0.2) is 24.0 Å². The third-order valence-corrected chi connectivity index (χ3v) is 9.44. The number of hydrogen-bond acceptors (Lipinski definition) is 10. The van der Waals surface area contributed by atoms with Gasteiger partial charge in [0.2, 0.25) is 6.79 Å². The maximum Gasteiger partial charge on any atom is 0.339 e. The Bertz CT molecular complexity index is 1190. The zero-order chi connectivity index (χ0) is 28.9. The SMILES string of the molecule is COC(=O)C[C@](O)(CCC(C)C(C)(C)O)C(=O)O[C@@H]1C(OC)=C[C@]23CCCN2CCc2cc4c(cc2[C@H]13)OCO4. The van der Waals surface area contributed by atoms with Crippen molar-refractivity contribution in [2.24, 2.45) is 5.92 Å². The zero-order valence-electron chi connectivity index (χ0n) is 24.0. The van der Waals surface area contributed by atoms with Crippen LogP contribution in [0.5, 0.6) is 11.5 Å². The molecule has 5 rings (SSSR count). The molecule has 40 heavy (non-hydrogen) atoms. The minimum atomic E-state index is -2.14. The van der Waals surface area contributed by atoms with E-state index in [4.69, 9.17) is 23.7 Å². The van der Waals surface area contributed by atoms with Crippen molar-refractivity contribution in [2.75, 3.05) is 34.1 Å². The van der Waals surface area contributed by atoms with Crippen molar-refractivity contribution in [2.45, 2.75) is 88.1 Å². The second-order valence-corrected chi connectivity index (χ2v) is 12.2. The van der Waals surface area contributed by atoms with E-state index in [2.05, 4.69) is 11.0 Å². The summed E-state index contributed by atoms with van der Waals surface area (Å²) in [6.07, 6.45) is 3.57. The van der Waals surface area contributed by atoms with Crippen LogP contribution < -0.4 is 9.47 Å². The Morgan fingerprint density at radius 1 is 1.18 bits per heavy atom. The first-order valence-corrected chi connectivity index (χ1v) is 14.1. The first-order chi connectivity index (χ1) is 18.9. The molecule has 3 aliphatic heterocycles. The quantitative estimate of drug-likeness (QED) is 0.437. The molecular weight excluding hydrogens is 518 g/mol. The standard InChI is InChI=1S/C30H41NO9/c1-18(28(2,3)34)7-10-30(35,16-24(32)37-5)27(33)40-26-23(36-4)15-29-9-6-11-31(29)12-8-19-13-21-22(39-17-38-21)14-20(19)25(26)29/h13-15,18,25-26,34-35H,6-12,16-17H2,1-5H3/t18?,25-,26-,29+,30-/m1/s1. The van der Waals surface area contributed by atoms with Gasteiger partial charge in [0.05, 0.1) is 37.7 Å². The summed E-state index contributed by atoms with van der Waals surface area (Å²) in [5.41, 5.74) is -1.49. The van der Waals surface area contributed by atoms with Crippen LogP contribution in [0.1, 0.15) is 69.9 Å². The number of rotatable bonds is 9. The van der Waals surface area contributed by atoms with E-state index in [-0.39, 0.29) is 31.5 Å². The fourth-order valence-corrected chi connectivity index (χ4v) is 6.70. The number of carbonyl (C=O) groups excluding carboxylic acids is 2. The second kappa shape index (κ2) is 10.5. The normalized spacial score (nSPS) is 27.4. The van der Waals surface area contributed by atoms with Crippen molar-refractivity contribution in [3.8, 4) is 11.5 Å². The molecule has 0 amide bonds. The summed E-state index contributed by atoms with van der Waals surface area (Å²) in [5.74, 6) is -0.329. The Labute approximate surface area is 235 Å². The molecule has 1 aromatic rings. The monoisotopic (exact) mass is 559 g/mol. The van der Waals surface area contributed by atoms with Crippen molar-refractivity contribution in [1.29, 1.82) is 0 Å². The average molecular weight is 560 g/mol. The molecule has 0 radical (unpaired) electrons. The lowest BCUT2D eigenvalue weighted by Crippen LogP contribution is -2.49. The van der Waals surface area contributed by atoms with E-state index in [0.29, 0.717) is 17.3 Å². The Hall–Kier alpha value is -2.82. The Morgan fingerprint density at radius 2 is 1.90 bits per heavy atom. The van der Waals surface area contributed by atoms with Gasteiger partial charge >= 0.3 is 11.9 Å². The molecule has 2 N–H and O–H groups in total. The van der Waals surface area contributed by atoms with Gasteiger partial charge in [-0.1, -0.05) is 6.92 Å². The number of fused-ring (bicyclic) bond motifs is 3. The third-order valence-electron chi connectivity index (χ3n) is 9.44. The number of benzene rings is 1. The maximum atomic E-state index is 13.9. The largest absolute Gasteiger partial charge is 0.497 e. The smallest absolute Gasteiger partial charge is 0.339 e. The van der Waals surface area contributed by atoms with Crippen LogP contribution in [0.4, 0.5) is 0 Å². The molecule has 0 bridgehead atoms. The number of hydrogen-bond donors (Lipinski definition) is 2. The molecule has 0 saturated carbocycles. The van der Waals surface area contributed by atoms with Crippen molar-refractivity contribution < 1.29 is 43.5 Å². The first-order valence-electron chi connectivity index (χ1n) is 14.1. The molecule has 1 fully saturated rings. The second-order valence-electron chi connectivity index (χ2n) is 12.2. The van der Waals surface area contributed by atoms with Crippen molar-refractivity contribution in [1.82, 2.24) is 4.90 Å². The molecule has 220 valence electrons. The summed E-state index contributed by atoms with van der Waals surface area (Å²) in [6.45, 7) is 7.07. The number of methoxy groups -OCH3 is 2. The van der Waals surface area contributed by atoms with Gasteiger partial charge in [0.1, 0.15) is 5.76 Å². The number of ether oxygens (including phenoxy) is 5. The van der Waals surface area contributed by atoms with Gasteiger partial charge in [0, 0.05) is 6.54 Å². The van der Waals surface area contributed by atoms with E-state index in [0.717, 1.165) is 43.5 Å². The van der Waals surface area contributed by atoms with Gasteiger partial charge in [-0.2, -0.15) is 0 Å². The fraction of sp³-hybridized carbons (Fsp3) is 0.667. The van der Waals surface area contributed by atoms with Gasteiger partial charge in [-0.25, -0.2) is 4.79 Å². The molecule has 0 aromatic heterocycles. The van der Waals surface area contributed by atoms with Gasteiger partial charge in [-0.05, 0) is 87.7 Å². The van der Waals surface area contributed by atoms with E-state index >= 15 is 0 Å². The van der Waals surface area contributed by atoms with E-state index in [9.17, 15) is 19.8 Å². The summed E-state index contributed by atoms with van der Waals surface area (Å²) >= 11 is 0. The molecule has 1 aromatic carbocycles. The fourth-order valence-electron chi connectivity index (χ4n) is 6.70. The van der Waals surface area contributed by atoms with Crippen LogP contribution in [0.25, 0.3) is 0 Å². The first kappa shape index (κ1) is 28.7. The third kappa shape index (κ3) is 4.94. The van der Waals surface area contributed by atoms with Crippen LogP contribution >= 0.6 is 0 Å². The molecule has 1 saturated heterocycles. The highest BCUT2D eigenvalue weighted by molar-refractivity contribution is 5.86. The average Bonchev–Trinajstić information content (AvgIpc) is 3.60. The Balaban J connectivity index is 1.51. The van der Waals surface area contributed by atoms with E-state index in [1.54, 1.807) is 21.0 Å². The van der Waals surface area contributed by atoms with Crippen molar-refractivity contribution in [3.63, 3.8) is 0 Å². The van der Waals surface area contributed by atoms with Crippen LogP contribution in [0.2, 0.25) is 0 Å². The summed E-state index contributed by atoms with van der Waals surface area (Å²) in [5, 5.41) is 22.0. The summed E-state index contributed by atoms with van der Waals surface area (Å²) in [4.78, 5) is 28.6. The highest BCUT2D eigenvalue weighted by atomic mass is 16.7. The minimum absolute atomic E-state index is 0.0813. The summed E-state index contributed by atoms with van der Waals surface area (Å²) in [7, 11) is 2.77. The Kier molecular flexibility index (Phi) is 7.56. The predicted molar refractivity (Wildman–Crippen MR) is 144 cm³/mol. The maximum absolute atomic E-state index is 13.9. The van der Waals surface area contributed by atoms with Gasteiger partial charge in [-0.15, -0.1) is 0 Å². The highest BCUT2D eigenvalue weighted by Gasteiger charge is 2.59. The molecule has 3 heterocycles. The summed E-state index contributed by atoms with van der Waals surface area (Å²) < 4.78 is 28.2. The van der Waals surface area contributed by atoms with Crippen LogP contribution in [0, 0.1) is 5.92 Å². The molecule has 10 heteroatoms. The molecule has 5 atom stereocenters. The zero-order valence-corrected chi connectivity index (χ0v) is 24.0. The van der Waals surface area contributed by atoms with Gasteiger partial charge in [0.15, 0.2) is 23.2 Å². The topological polar surface area (TPSA) is 124 Å². The predicted octanol–water partition coefficient (Wildman–Crippen LogP) is 2.83. The van der Waals surface area contributed by atoms with Gasteiger partial charge in [0.25, 0.3) is 0 Å². The van der Waals surface area contributed by atoms with Crippen LogP contribution in [-0.4, -0.2) is 84.0 Å². The van der Waals surface area contributed by atoms with Crippen LogP contribution in [-0.2, 0) is 30.2 Å². The van der Waals surface area contributed by atoms with Crippen molar-refractivity contribution >= 4 is 11.9 Å². The number of nitrogens with zero attached hydrogens (tertiary/aromatic N) is 1. The van der Waals surface area contributed by atoms with Gasteiger partial charge < -0.3 is 33.9 Å². The summed E-state index contributed by atoms with van der Waals surface area (Å²) in [6, 6.07) is 4.01. The number of esters is 2. The molecule has 1 aliphatic carbocycles. The molecule has 1 spiro atoms. The molecule has 4 aliphatic rings.